The quantitative estimate of drug-likeness (QED) is 0.585. The van der Waals surface area contributed by atoms with Crippen LogP contribution in [0.2, 0.25) is 0 Å². The van der Waals surface area contributed by atoms with Crippen LogP contribution in [0, 0.1) is 12.8 Å². The van der Waals surface area contributed by atoms with Crippen LogP contribution in [0.4, 0.5) is 30.6 Å². The number of alkyl halides is 3. The maximum Gasteiger partial charge on any atom is 0.434 e. The van der Waals surface area contributed by atoms with Crippen molar-refractivity contribution in [1.82, 2.24) is 19.9 Å². The second kappa shape index (κ2) is 8.61. The van der Waals surface area contributed by atoms with Gasteiger partial charge in [-0.1, -0.05) is 0 Å². The SMILES string of the molecule is Cc1nc(NC2CC(COc3cnc(C(F)(F)F)cn3)C2)nc2c1NC(=O)[C@H]([C@@H](C)O)N2C. The van der Waals surface area contributed by atoms with Crippen LogP contribution < -0.4 is 20.3 Å². The number of amides is 1. The van der Waals surface area contributed by atoms with Gasteiger partial charge in [0.1, 0.15) is 11.7 Å². The van der Waals surface area contributed by atoms with E-state index in [1.54, 1.807) is 25.8 Å². The lowest BCUT2D eigenvalue weighted by molar-refractivity contribution is -0.141. The van der Waals surface area contributed by atoms with E-state index < -0.39 is 24.0 Å². The molecule has 0 unspecified atom stereocenters. The van der Waals surface area contributed by atoms with Gasteiger partial charge in [-0.3, -0.25) is 4.79 Å². The molecule has 0 bridgehead atoms. The number of halogens is 3. The fraction of sp³-hybridized carbons (Fsp3) is 0.550. The van der Waals surface area contributed by atoms with Crippen LogP contribution in [0.5, 0.6) is 5.88 Å². The smallest absolute Gasteiger partial charge is 0.434 e. The lowest BCUT2D eigenvalue weighted by Gasteiger charge is -2.37. The van der Waals surface area contributed by atoms with E-state index in [0.717, 1.165) is 19.0 Å². The van der Waals surface area contributed by atoms with E-state index >= 15 is 0 Å². The second-order valence-corrected chi connectivity index (χ2v) is 8.34. The molecule has 0 spiro atoms. The average Bonchev–Trinajstić information content (AvgIpc) is 2.70. The molecule has 10 nitrogen and oxygen atoms in total. The maximum atomic E-state index is 12.5. The highest BCUT2D eigenvalue weighted by Crippen LogP contribution is 2.35. The van der Waals surface area contributed by atoms with Gasteiger partial charge < -0.3 is 25.4 Å². The first-order chi connectivity index (χ1) is 15.5. The molecule has 1 saturated carbocycles. The minimum Gasteiger partial charge on any atom is -0.476 e. The van der Waals surface area contributed by atoms with E-state index in [-0.39, 0.29) is 23.7 Å². The van der Waals surface area contributed by atoms with Crippen molar-refractivity contribution in [2.24, 2.45) is 5.92 Å². The van der Waals surface area contributed by atoms with E-state index in [4.69, 9.17) is 4.74 Å². The van der Waals surface area contributed by atoms with Crippen molar-refractivity contribution in [3.63, 3.8) is 0 Å². The van der Waals surface area contributed by atoms with Crippen LogP contribution in [0.3, 0.4) is 0 Å². The Morgan fingerprint density at radius 1 is 1.30 bits per heavy atom. The fourth-order valence-electron chi connectivity index (χ4n) is 3.98. The van der Waals surface area contributed by atoms with Gasteiger partial charge in [-0.25, -0.2) is 15.0 Å². The molecule has 1 aliphatic carbocycles. The zero-order valence-electron chi connectivity index (χ0n) is 18.2. The predicted octanol–water partition coefficient (Wildman–Crippen LogP) is 2.00. The molecule has 2 atom stereocenters. The third-order valence-electron chi connectivity index (χ3n) is 5.75. The van der Waals surface area contributed by atoms with Gasteiger partial charge in [-0.2, -0.15) is 18.2 Å². The van der Waals surface area contributed by atoms with Gasteiger partial charge in [0.15, 0.2) is 11.5 Å². The predicted molar refractivity (Wildman–Crippen MR) is 112 cm³/mol. The zero-order chi connectivity index (χ0) is 23.9. The van der Waals surface area contributed by atoms with Gasteiger partial charge in [0.25, 0.3) is 0 Å². The summed E-state index contributed by atoms with van der Waals surface area (Å²) in [6.45, 7) is 3.63. The van der Waals surface area contributed by atoms with Crippen molar-refractivity contribution in [1.29, 1.82) is 0 Å². The molecular formula is C20H24F3N7O3. The van der Waals surface area contributed by atoms with Crippen LogP contribution in [-0.2, 0) is 11.0 Å². The molecule has 3 heterocycles. The van der Waals surface area contributed by atoms with E-state index in [9.17, 15) is 23.1 Å². The number of hydrogen-bond acceptors (Lipinski definition) is 9. The Morgan fingerprint density at radius 2 is 2.03 bits per heavy atom. The number of nitrogens with one attached hydrogen (secondary N) is 2. The third-order valence-corrected chi connectivity index (χ3v) is 5.75. The summed E-state index contributed by atoms with van der Waals surface area (Å²) in [6.07, 6.45) is -2.27. The van der Waals surface area contributed by atoms with Gasteiger partial charge in [0.05, 0.1) is 30.8 Å². The van der Waals surface area contributed by atoms with Crippen molar-refractivity contribution in [3.05, 3.63) is 23.8 Å². The Morgan fingerprint density at radius 3 is 2.64 bits per heavy atom. The Kier molecular flexibility index (Phi) is 5.99. The molecule has 13 heteroatoms. The van der Waals surface area contributed by atoms with Crippen molar-refractivity contribution in [2.45, 2.75) is 51.1 Å². The lowest BCUT2D eigenvalue weighted by atomic mass is 9.81. The largest absolute Gasteiger partial charge is 0.476 e. The number of carbonyl (C=O) groups is 1. The topological polar surface area (TPSA) is 125 Å². The first-order valence-electron chi connectivity index (χ1n) is 10.4. The summed E-state index contributed by atoms with van der Waals surface area (Å²) in [5.41, 5.74) is 0.0578. The number of aliphatic hydroxyl groups is 1. The van der Waals surface area contributed by atoms with Crippen molar-refractivity contribution < 1.29 is 27.8 Å². The Bertz CT molecular complexity index is 1030. The zero-order valence-corrected chi connectivity index (χ0v) is 18.2. The van der Waals surface area contributed by atoms with Crippen molar-refractivity contribution in [3.8, 4) is 5.88 Å². The lowest BCUT2D eigenvalue weighted by Crippen LogP contribution is -2.52. The highest BCUT2D eigenvalue weighted by molar-refractivity contribution is 6.03. The third kappa shape index (κ3) is 4.77. The monoisotopic (exact) mass is 467 g/mol. The summed E-state index contributed by atoms with van der Waals surface area (Å²) >= 11 is 0. The van der Waals surface area contributed by atoms with E-state index in [1.165, 1.54) is 0 Å². The molecule has 0 saturated heterocycles. The number of fused-ring (bicyclic) bond motifs is 1. The molecule has 33 heavy (non-hydrogen) atoms. The summed E-state index contributed by atoms with van der Waals surface area (Å²) in [4.78, 5) is 29.9. The molecule has 178 valence electrons. The van der Waals surface area contributed by atoms with E-state index in [2.05, 4.69) is 30.6 Å². The summed E-state index contributed by atoms with van der Waals surface area (Å²) < 4.78 is 43.1. The van der Waals surface area contributed by atoms with Crippen LogP contribution in [0.25, 0.3) is 0 Å². The molecule has 2 aromatic heterocycles. The molecule has 4 rings (SSSR count). The van der Waals surface area contributed by atoms with E-state index in [0.29, 0.717) is 36.0 Å². The summed E-state index contributed by atoms with van der Waals surface area (Å²) in [7, 11) is 1.70. The molecule has 2 aliphatic rings. The van der Waals surface area contributed by atoms with Crippen LogP contribution in [-0.4, -0.2) is 62.8 Å². The Labute approximate surface area is 187 Å². The van der Waals surface area contributed by atoms with Gasteiger partial charge in [0.2, 0.25) is 17.7 Å². The molecular weight excluding hydrogens is 443 g/mol. The Balaban J connectivity index is 1.32. The number of likely N-dealkylation sites (N-methyl/N-ethyl adjacent to an activating group) is 1. The first-order valence-corrected chi connectivity index (χ1v) is 10.4. The number of aryl methyl sites for hydroxylation is 1. The fourth-order valence-corrected chi connectivity index (χ4v) is 3.98. The molecule has 0 aromatic carbocycles. The van der Waals surface area contributed by atoms with Crippen LogP contribution in [0.15, 0.2) is 12.4 Å². The number of aliphatic hydroxyl groups excluding tert-OH is 1. The minimum absolute atomic E-state index is 0.0470. The maximum absolute atomic E-state index is 12.5. The van der Waals surface area contributed by atoms with Crippen LogP contribution >= 0.6 is 0 Å². The van der Waals surface area contributed by atoms with Gasteiger partial charge in [-0.15, -0.1) is 0 Å². The molecule has 3 N–H and O–H groups in total. The molecule has 1 amide bonds. The Hall–Kier alpha value is -3.22. The van der Waals surface area contributed by atoms with Gasteiger partial charge in [0, 0.05) is 13.1 Å². The summed E-state index contributed by atoms with van der Waals surface area (Å²) in [5, 5.41) is 16.0. The number of nitrogens with zero attached hydrogens (tertiary/aromatic N) is 5. The van der Waals surface area contributed by atoms with Gasteiger partial charge in [-0.05, 0) is 32.6 Å². The van der Waals surface area contributed by atoms with Gasteiger partial charge >= 0.3 is 6.18 Å². The second-order valence-electron chi connectivity index (χ2n) is 8.34. The van der Waals surface area contributed by atoms with E-state index in [1.807, 2.05) is 0 Å². The molecule has 2 aromatic rings. The number of carbonyl (C=O) groups excluding carboxylic acids is 1. The van der Waals surface area contributed by atoms with Crippen molar-refractivity contribution in [2.75, 3.05) is 29.2 Å². The molecule has 1 fully saturated rings. The number of aromatic nitrogens is 4. The van der Waals surface area contributed by atoms with Crippen LogP contribution in [0.1, 0.15) is 31.2 Å². The standard InChI is InChI=1S/C20H24F3N7O3/c1-9-15-17(30(3)16(10(2)31)18(32)28-15)29-19(26-9)27-12-4-11(5-12)8-33-14-7-24-13(6-25-14)20(21,22)23/h6-7,10-12,16,31H,4-5,8H2,1-3H3,(H,28,32)(H,26,27,29)/t10-,11?,12?,16+/m1/s1. The minimum atomic E-state index is -4.53. The normalized spacial score (nSPS) is 23.3. The highest BCUT2D eigenvalue weighted by atomic mass is 19.4. The number of rotatable bonds is 6. The summed E-state index contributed by atoms with van der Waals surface area (Å²) in [5.74, 6) is 0.872. The number of hydrogen-bond donors (Lipinski definition) is 3. The highest BCUT2D eigenvalue weighted by Gasteiger charge is 2.37. The number of ether oxygens (including phenoxy) is 1. The average molecular weight is 467 g/mol. The summed E-state index contributed by atoms with van der Waals surface area (Å²) in [6, 6.07) is -0.649. The number of anilines is 3. The van der Waals surface area contributed by atoms with Crippen molar-refractivity contribution >= 4 is 23.4 Å². The first kappa shape index (κ1) is 23.0. The molecule has 0 radical (unpaired) electrons. The molecule has 1 aliphatic heterocycles.